The average molecular weight is 284 g/mol. The topological polar surface area (TPSA) is 46.5 Å². The van der Waals surface area contributed by atoms with Crippen molar-refractivity contribution in [3.63, 3.8) is 0 Å². The van der Waals surface area contributed by atoms with Crippen LogP contribution in [0.4, 0.5) is 0 Å². The van der Waals surface area contributed by atoms with E-state index < -0.39 is 8.25 Å². The summed E-state index contributed by atoms with van der Waals surface area (Å²) in [4.78, 5) is 8.85. The van der Waals surface area contributed by atoms with Gasteiger partial charge in [-0.3, -0.25) is 0 Å². The zero-order chi connectivity index (χ0) is 13.9. The van der Waals surface area contributed by atoms with E-state index in [-0.39, 0.29) is 0 Å². The summed E-state index contributed by atoms with van der Waals surface area (Å²) in [6.45, 7) is 2.23. The van der Waals surface area contributed by atoms with Crippen molar-refractivity contribution in [2.24, 2.45) is 0 Å². The van der Waals surface area contributed by atoms with Crippen LogP contribution in [0.3, 0.4) is 0 Å². The fourth-order valence-corrected chi connectivity index (χ4v) is 2.56. The number of unbranched alkanes of at least 4 members (excludes halogenated alkanes) is 6. The van der Waals surface area contributed by atoms with Crippen LogP contribution in [0.2, 0.25) is 0 Å². The first-order chi connectivity index (χ1) is 9.24. The van der Waals surface area contributed by atoms with Gasteiger partial charge in [-0.05, 0) is 24.5 Å². The molecule has 0 aliphatic rings. The quantitative estimate of drug-likeness (QED) is 0.498. The Labute approximate surface area is 117 Å². The first-order valence-electron chi connectivity index (χ1n) is 7.22. The van der Waals surface area contributed by atoms with E-state index in [2.05, 4.69) is 6.92 Å². The van der Waals surface area contributed by atoms with Gasteiger partial charge < -0.3 is 9.42 Å². The maximum absolute atomic E-state index is 10.8. The maximum atomic E-state index is 10.8. The van der Waals surface area contributed by atoms with Gasteiger partial charge in [0.05, 0.1) is 0 Å². The number of rotatable bonds is 10. The second kappa shape index (κ2) is 10.1. The lowest BCUT2D eigenvalue weighted by atomic mass is 10.0. The molecule has 1 unspecified atom stereocenters. The highest BCUT2D eigenvalue weighted by atomic mass is 31.1. The third-order valence-corrected chi connectivity index (χ3v) is 3.61. The summed E-state index contributed by atoms with van der Waals surface area (Å²) in [5, 5.41) is 0. The lowest BCUT2D eigenvalue weighted by molar-refractivity contribution is 0.408. The van der Waals surface area contributed by atoms with E-state index in [9.17, 15) is 4.57 Å². The van der Waals surface area contributed by atoms with E-state index in [0.717, 1.165) is 18.4 Å². The first-order valence-corrected chi connectivity index (χ1v) is 8.49. The Morgan fingerprint density at radius 1 is 1.05 bits per heavy atom. The normalized spacial score (nSPS) is 12.3. The minimum Gasteiger partial charge on any atom is -0.426 e. The standard InChI is InChI=1S/C15H25O3P/c1-2-3-4-5-6-7-8-11-14-12-9-10-13-15(14)18-19(16)17/h9-10,12-13,19H,2-8,11H2,1H3,(H,16,17). The van der Waals surface area contributed by atoms with Gasteiger partial charge in [0.2, 0.25) is 0 Å². The Morgan fingerprint density at radius 2 is 1.68 bits per heavy atom. The van der Waals surface area contributed by atoms with Gasteiger partial charge in [-0.1, -0.05) is 63.6 Å². The molecule has 0 aliphatic heterocycles. The van der Waals surface area contributed by atoms with Crippen molar-refractivity contribution in [1.82, 2.24) is 0 Å². The molecular formula is C15H25O3P. The van der Waals surface area contributed by atoms with Gasteiger partial charge >= 0.3 is 8.25 Å². The van der Waals surface area contributed by atoms with Crippen molar-refractivity contribution in [2.45, 2.75) is 58.3 Å². The predicted octanol–water partition coefficient (Wildman–Crippen LogP) is 4.74. The monoisotopic (exact) mass is 284 g/mol. The molecule has 1 atom stereocenters. The molecule has 0 radical (unpaired) electrons. The van der Waals surface area contributed by atoms with Crippen molar-refractivity contribution in [3.8, 4) is 5.75 Å². The molecule has 4 heteroatoms. The van der Waals surface area contributed by atoms with Crippen molar-refractivity contribution < 1.29 is 14.0 Å². The predicted molar refractivity (Wildman–Crippen MR) is 80.0 cm³/mol. The SMILES string of the molecule is CCCCCCCCCc1ccccc1O[PH](=O)O. The van der Waals surface area contributed by atoms with Crippen molar-refractivity contribution in [2.75, 3.05) is 0 Å². The number of hydrogen-bond acceptors (Lipinski definition) is 2. The van der Waals surface area contributed by atoms with Gasteiger partial charge in [0.15, 0.2) is 0 Å². The van der Waals surface area contributed by atoms with Gasteiger partial charge in [0.1, 0.15) is 5.75 Å². The summed E-state index contributed by atoms with van der Waals surface area (Å²) in [6.07, 6.45) is 9.79. The van der Waals surface area contributed by atoms with Crippen LogP contribution in [-0.2, 0) is 11.0 Å². The van der Waals surface area contributed by atoms with E-state index in [1.165, 1.54) is 38.5 Å². The largest absolute Gasteiger partial charge is 0.426 e. The molecule has 108 valence electrons. The second-order valence-electron chi connectivity index (χ2n) is 4.85. The van der Waals surface area contributed by atoms with E-state index >= 15 is 0 Å². The fourth-order valence-electron chi connectivity index (χ4n) is 2.18. The number of benzene rings is 1. The highest BCUT2D eigenvalue weighted by Crippen LogP contribution is 2.27. The summed E-state index contributed by atoms with van der Waals surface area (Å²) >= 11 is 0. The van der Waals surface area contributed by atoms with Crippen LogP contribution in [0.25, 0.3) is 0 Å². The number of hydrogen-bond donors (Lipinski definition) is 1. The van der Waals surface area contributed by atoms with Crippen LogP contribution in [-0.4, -0.2) is 4.89 Å². The van der Waals surface area contributed by atoms with Gasteiger partial charge in [-0.25, -0.2) is 4.57 Å². The minimum absolute atomic E-state index is 0.555. The molecule has 0 fully saturated rings. The molecule has 0 aromatic heterocycles. The Balaban J connectivity index is 2.26. The highest BCUT2D eigenvalue weighted by Gasteiger charge is 2.04. The fraction of sp³-hybridized carbons (Fsp3) is 0.600. The lowest BCUT2D eigenvalue weighted by Gasteiger charge is -2.08. The zero-order valence-corrected chi connectivity index (χ0v) is 12.7. The van der Waals surface area contributed by atoms with Crippen LogP contribution >= 0.6 is 8.25 Å². The van der Waals surface area contributed by atoms with Crippen molar-refractivity contribution in [1.29, 1.82) is 0 Å². The Kier molecular flexibility index (Phi) is 8.61. The Bertz CT molecular complexity index is 379. The Morgan fingerprint density at radius 3 is 2.37 bits per heavy atom. The molecule has 1 N–H and O–H groups in total. The van der Waals surface area contributed by atoms with Crippen LogP contribution in [0, 0.1) is 0 Å². The molecule has 1 rings (SSSR count). The van der Waals surface area contributed by atoms with Gasteiger partial charge in [0.25, 0.3) is 0 Å². The minimum atomic E-state index is -2.90. The van der Waals surface area contributed by atoms with Gasteiger partial charge in [0, 0.05) is 0 Å². The number of para-hydroxylation sites is 1. The molecule has 0 saturated heterocycles. The van der Waals surface area contributed by atoms with E-state index in [1.807, 2.05) is 18.2 Å². The summed E-state index contributed by atoms with van der Waals surface area (Å²) < 4.78 is 15.7. The van der Waals surface area contributed by atoms with Crippen LogP contribution in [0.15, 0.2) is 24.3 Å². The first kappa shape index (κ1) is 16.3. The molecule has 0 amide bonds. The molecule has 0 saturated carbocycles. The van der Waals surface area contributed by atoms with E-state index in [0.29, 0.717) is 5.75 Å². The van der Waals surface area contributed by atoms with Crippen molar-refractivity contribution in [3.05, 3.63) is 29.8 Å². The molecule has 3 nitrogen and oxygen atoms in total. The third-order valence-electron chi connectivity index (χ3n) is 3.22. The molecule has 1 aromatic rings. The zero-order valence-electron chi connectivity index (χ0n) is 11.7. The molecule has 0 heterocycles. The summed E-state index contributed by atoms with van der Waals surface area (Å²) in [6, 6.07) is 7.50. The number of aryl methyl sites for hydroxylation is 1. The van der Waals surface area contributed by atoms with Crippen LogP contribution < -0.4 is 4.52 Å². The summed E-state index contributed by atoms with van der Waals surface area (Å²) in [5.41, 5.74) is 1.03. The lowest BCUT2D eigenvalue weighted by Crippen LogP contribution is -1.91. The molecule has 0 bridgehead atoms. The molecule has 0 aliphatic carbocycles. The van der Waals surface area contributed by atoms with E-state index in [4.69, 9.17) is 9.42 Å². The molecular weight excluding hydrogens is 259 g/mol. The van der Waals surface area contributed by atoms with Gasteiger partial charge in [-0.15, -0.1) is 0 Å². The average Bonchev–Trinajstić information content (AvgIpc) is 2.39. The summed E-state index contributed by atoms with van der Waals surface area (Å²) in [7, 11) is -2.90. The molecule has 0 spiro atoms. The van der Waals surface area contributed by atoms with Crippen LogP contribution in [0.5, 0.6) is 5.75 Å². The highest BCUT2D eigenvalue weighted by molar-refractivity contribution is 7.32. The molecule has 19 heavy (non-hydrogen) atoms. The smallest absolute Gasteiger partial charge is 0.365 e. The maximum Gasteiger partial charge on any atom is 0.365 e. The van der Waals surface area contributed by atoms with Crippen molar-refractivity contribution >= 4 is 8.25 Å². The summed E-state index contributed by atoms with van der Waals surface area (Å²) in [5.74, 6) is 0.555. The second-order valence-corrected chi connectivity index (χ2v) is 5.58. The third kappa shape index (κ3) is 7.39. The van der Waals surface area contributed by atoms with E-state index in [1.54, 1.807) is 6.07 Å². The Hall–Kier alpha value is -0.790. The van der Waals surface area contributed by atoms with Gasteiger partial charge in [-0.2, -0.15) is 0 Å². The molecule has 1 aromatic carbocycles. The van der Waals surface area contributed by atoms with Crippen LogP contribution in [0.1, 0.15) is 57.4 Å².